The van der Waals surface area contributed by atoms with Gasteiger partial charge in [-0.25, -0.2) is 14.2 Å². The zero-order valence-corrected chi connectivity index (χ0v) is 17.5. The van der Waals surface area contributed by atoms with Gasteiger partial charge in [-0.2, -0.15) is 0 Å². The molecule has 31 heavy (non-hydrogen) atoms. The summed E-state index contributed by atoms with van der Waals surface area (Å²) < 4.78 is 19.6. The van der Waals surface area contributed by atoms with Gasteiger partial charge < -0.3 is 10.1 Å². The van der Waals surface area contributed by atoms with Crippen LogP contribution in [0.1, 0.15) is 23.7 Å². The minimum Gasteiger partial charge on any atom is -0.449 e. The number of amides is 1. The minimum atomic E-state index is -0.985. The molecular formula is C24H19FN2O3S. The molecule has 156 valence electrons. The molecule has 1 atom stereocenters. The molecule has 1 amide bonds. The van der Waals surface area contributed by atoms with Crippen LogP contribution in [0.25, 0.3) is 20.8 Å². The monoisotopic (exact) mass is 434 g/mol. The number of rotatable bonds is 6. The number of carbonyl (C=O) groups is 2. The van der Waals surface area contributed by atoms with Gasteiger partial charge in [0, 0.05) is 11.3 Å². The van der Waals surface area contributed by atoms with Crippen LogP contribution in [0.4, 0.5) is 10.1 Å². The number of halogens is 1. The predicted molar refractivity (Wildman–Crippen MR) is 120 cm³/mol. The third kappa shape index (κ3) is 4.62. The summed E-state index contributed by atoms with van der Waals surface area (Å²) in [5.74, 6) is -1.47. The van der Waals surface area contributed by atoms with E-state index < -0.39 is 23.8 Å². The van der Waals surface area contributed by atoms with Crippen LogP contribution in [-0.4, -0.2) is 23.0 Å². The number of hydrogen-bond donors (Lipinski definition) is 1. The Kier molecular flexibility index (Phi) is 6.04. The maximum atomic E-state index is 13.1. The van der Waals surface area contributed by atoms with Crippen LogP contribution in [0.3, 0.4) is 0 Å². The Balaban J connectivity index is 1.55. The highest BCUT2D eigenvalue weighted by atomic mass is 32.1. The van der Waals surface area contributed by atoms with Crippen LogP contribution in [0.2, 0.25) is 0 Å². The minimum absolute atomic E-state index is 0.294. The number of hydrogen-bond acceptors (Lipinski definition) is 5. The normalized spacial score (nSPS) is 11.8. The molecule has 0 aliphatic heterocycles. The first kappa shape index (κ1) is 20.7. The van der Waals surface area contributed by atoms with Gasteiger partial charge in [0.05, 0.1) is 15.8 Å². The van der Waals surface area contributed by atoms with Crippen LogP contribution >= 0.6 is 11.3 Å². The van der Waals surface area contributed by atoms with Crippen molar-refractivity contribution in [3.05, 3.63) is 84.2 Å². The summed E-state index contributed by atoms with van der Waals surface area (Å²) in [6.07, 6.45) is -0.691. The molecule has 4 rings (SSSR count). The molecule has 0 spiro atoms. The SMILES string of the molecule is CCC(OC(=O)c1ccccc1-c1nc2ccccc2s1)C(=O)Nc1ccc(F)cc1. The van der Waals surface area contributed by atoms with E-state index in [1.165, 1.54) is 35.6 Å². The van der Waals surface area contributed by atoms with Gasteiger partial charge in [-0.05, 0) is 48.9 Å². The number of fused-ring (bicyclic) bond motifs is 1. The van der Waals surface area contributed by atoms with Crippen molar-refractivity contribution < 1.29 is 18.7 Å². The zero-order valence-electron chi connectivity index (χ0n) is 16.7. The molecule has 1 unspecified atom stereocenters. The van der Waals surface area contributed by atoms with Crippen molar-refractivity contribution >= 4 is 39.1 Å². The Morgan fingerprint density at radius 3 is 2.48 bits per heavy atom. The summed E-state index contributed by atoms with van der Waals surface area (Å²) in [6.45, 7) is 1.75. The van der Waals surface area contributed by atoms with Crippen LogP contribution < -0.4 is 5.32 Å². The van der Waals surface area contributed by atoms with Gasteiger partial charge in [-0.3, -0.25) is 4.79 Å². The topological polar surface area (TPSA) is 68.3 Å². The standard InChI is InChI=1S/C24H19FN2O3S/c1-2-20(22(28)26-16-13-11-15(25)12-14-16)30-24(29)18-8-4-3-7-17(18)23-27-19-9-5-6-10-21(19)31-23/h3-14,20H,2H2,1H3,(H,26,28). The van der Waals surface area contributed by atoms with E-state index >= 15 is 0 Å². The van der Waals surface area contributed by atoms with Gasteiger partial charge >= 0.3 is 5.97 Å². The molecule has 3 aromatic carbocycles. The first-order valence-electron chi connectivity index (χ1n) is 9.77. The number of esters is 1. The van der Waals surface area contributed by atoms with Gasteiger partial charge in [0.25, 0.3) is 5.91 Å². The van der Waals surface area contributed by atoms with E-state index in [1.807, 2.05) is 36.4 Å². The Morgan fingerprint density at radius 2 is 1.74 bits per heavy atom. The number of benzene rings is 3. The number of thiazole rings is 1. The number of ether oxygens (including phenoxy) is 1. The van der Waals surface area contributed by atoms with E-state index in [9.17, 15) is 14.0 Å². The predicted octanol–water partition coefficient (Wildman–Crippen LogP) is 5.68. The van der Waals surface area contributed by atoms with Crippen LogP contribution in [0, 0.1) is 5.82 Å². The Labute approximate surface area is 182 Å². The van der Waals surface area contributed by atoms with Gasteiger partial charge in [-0.1, -0.05) is 37.3 Å². The second-order valence-electron chi connectivity index (χ2n) is 6.83. The lowest BCUT2D eigenvalue weighted by Crippen LogP contribution is -2.32. The first-order valence-corrected chi connectivity index (χ1v) is 10.6. The molecule has 7 heteroatoms. The van der Waals surface area contributed by atoms with Crippen molar-refractivity contribution in [2.75, 3.05) is 5.32 Å². The molecule has 1 aromatic heterocycles. The van der Waals surface area contributed by atoms with Crippen molar-refractivity contribution in [3.8, 4) is 10.6 Å². The fourth-order valence-electron chi connectivity index (χ4n) is 3.11. The summed E-state index contributed by atoms with van der Waals surface area (Å²) in [6, 6.07) is 20.2. The summed E-state index contributed by atoms with van der Waals surface area (Å²) in [5.41, 5.74) is 2.28. The van der Waals surface area contributed by atoms with E-state index in [1.54, 1.807) is 19.1 Å². The number of aromatic nitrogens is 1. The fraction of sp³-hybridized carbons (Fsp3) is 0.125. The quantitative estimate of drug-likeness (QED) is 0.397. The summed E-state index contributed by atoms with van der Waals surface area (Å²) >= 11 is 1.49. The van der Waals surface area contributed by atoms with Gasteiger partial charge in [0.1, 0.15) is 10.8 Å². The summed E-state index contributed by atoms with van der Waals surface area (Å²) in [4.78, 5) is 30.1. The lowest BCUT2D eigenvalue weighted by atomic mass is 10.1. The average molecular weight is 434 g/mol. The van der Waals surface area contributed by atoms with Crippen molar-refractivity contribution in [1.82, 2.24) is 4.98 Å². The molecule has 0 saturated carbocycles. The molecular weight excluding hydrogens is 415 g/mol. The van der Waals surface area contributed by atoms with E-state index in [0.29, 0.717) is 28.2 Å². The largest absolute Gasteiger partial charge is 0.449 e. The molecule has 0 saturated heterocycles. The second kappa shape index (κ2) is 9.06. The lowest BCUT2D eigenvalue weighted by Gasteiger charge is -2.17. The number of nitrogens with one attached hydrogen (secondary N) is 1. The fourth-order valence-corrected chi connectivity index (χ4v) is 4.11. The first-order chi connectivity index (χ1) is 15.0. The molecule has 1 N–H and O–H groups in total. The summed E-state index contributed by atoms with van der Waals surface area (Å²) in [7, 11) is 0. The molecule has 0 aliphatic rings. The zero-order chi connectivity index (χ0) is 21.8. The number of para-hydroxylation sites is 1. The third-order valence-electron chi connectivity index (χ3n) is 4.70. The highest BCUT2D eigenvalue weighted by molar-refractivity contribution is 7.21. The molecule has 0 fully saturated rings. The summed E-state index contributed by atoms with van der Waals surface area (Å²) in [5, 5.41) is 3.35. The van der Waals surface area contributed by atoms with E-state index in [2.05, 4.69) is 10.3 Å². The molecule has 0 bridgehead atoms. The highest BCUT2D eigenvalue weighted by Crippen LogP contribution is 2.32. The third-order valence-corrected chi connectivity index (χ3v) is 5.77. The van der Waals surface area contributed by atoms with Crippen molar-refractivity contribution in [3.63, 3.8) is 0 Å². The van der Waals surface area contributed by atoms with Crippen molar-refractivity contribution in [1.29, 1.82) is 0 Å². The number of anilines is 1. The van der Waals surface area contributed by atoms with Crippen molar-refractivity contribution in [2.45, 2.75) is 19.4 Å². The number of carbonyl (C=O) groups excluding carboxylic acids is 2. The number of nitrogens with zero attached hydrogens (tertiary/aromatic N) is 1. The smallest absolute Gasteiger partial charge is 0.339 e. The Morgan fingerprint density at radius 1 is 1.03 bits per heavy atom. The van der Waals surface area contributed by atoms with Crippen LogP contribution in [-0.2, 0) is 9.53 Å². The van der Waals surface area contributed by atoms with E-state index in [4.69, 9.17) is 4.74 Å². The van der Waals surface area contributed by atoms with Crippen molar-refractivity contribution in [2.24, 2.45) is 0 Å². The average Bonchev–Trinajstić information content (AvgIpc) is 3.23. The molecule has 1 heterocycles. The second-order valence-corrected chi connectivity index (χ2v) is 7.86. The van der Waals surface area contributed by atoms with E-state index in [-0.39, 0.29) is 0 Å². The van der Waals surface area contributed by atoms with E-state index in [0.717, 1.165) is 10.2 Å². The Hall–Kier alpha value is -3.58. The van der Waals surface area contributed by atoms with Crippen LogP contribution in [0.5, 0.6) is 0 Å². The Bertz CT molecular complexity index is 1200. The lowest BCUT2D eigenvalue weighted by molar-refractivity contribution is -0.124. The molecule has 4 aromatic rings. The van der Waals surface area contributed by atoms with Gasteiger partial charge in [0.15, 0.2) is 6.10 Å². The molecule has 0 radical (unpaired) electrons. The maximum Gasteiger partial charge on any atom is 0.339 e. The maximum absolute atomic E-state index is 13.1. The van der Waals surface area contributed by atoms with Gasteiger partial charge in [0.2, 0.25) is 0 Å². The highest BCUT2D eigenvalue weighted by Gasteiger charge is 2.24. The molecule has 0 aliphatic carbocycles. The van der Waals surface area contributed by atoms with Gasteiger partial charge in [-0.15, -0.1) is 11.3 Å². The van der Waals surface area contributed by atoms with Crippen LogP contribution in [0.15, 0.2) is 72.8 Å². The molecule has 5 nitrogen and oxygen atoms in total.